The molecule has 3 nitrogen and oxygen atoms in total. The van der Waals surface area contributed by atoms with Gasteiger partial charge in [-0.3, -0.25) is 0 Å². The van der Waals surface area contributed by atoms with Gasteiger partial charge < -0.3 is 13.9 Å². The van der Waals surface area contributed by atoms with Gasteiger partial charge in [0.2, 0.25) is 0 Å². The minimum Gasteiger partial charge on any atom is -0.456 e. The van der Waals surface area contributed by atoms with Crippen molar-refractivity contribution in [3.8, 4) is 27.9 Å². The molecule has 2 heterocycles. The maximum absolute atomic E-state index is 6.34. The number of nitrogens with zero attached hydrogens (tertiary/aromatic N) is 2. The molecule has 9 aromatic rings. The zero-order chi connectivity index (χ0) is 33.7. The zero-order valence-electron chi connectivity index (χ0n) is 28.0. The molecule has 0 amide bonds. The molecule has 0 radical (unpaired) electrons. The maximum atomic E-state index is 6.34. The van der Waals surface area contributed by atoms with E-state index >= 15 is 0 Å². The van der Waals surface area contributed by atoms with Gasteiger partial charge in [-0.2, -0.15) is 0 Å². The topological polar surface area (TPSA) is 21.3 Å². The first kappa shape index (κ1) is 29.3. The van der Waals surface area contributed by atoms with Crippen LogP contribution in [0.5, 0.6) is 0 Å². The SMILES string of the molecule is C1=Cc2c(n(-c3cccc(-c4ccc(N(c5ccc(-c6ccccc6)cc5)c5ccc6c(c5)oc5ccccc56)cc4)c3)c3ccccc23)CC1. The van der Waals surface area contributed by atoms with Crippen LogP contribution in [-0.4, -0.2) is 4.57 Å². The van der Waals surface area contributed by atoms with E-state index in [-0.39, 0.29) is 0 Å². The molecule has 0 bridgehead atoms. The third kappa shape index (κ3) is 5.05. The Morgan fingerprint density at radius 3 is 1.90 bits per heavy atom. The maximum Gasteiger partial charge on any atom is 0.137 e. The van der Waals surface area contributed by atoms with Crippen LogP contribution in [0.3, 0.4) is 0 Å². The van der Waals surface area contributed by atoms with Crippen molar-refractivity contribution in [3.63, 3.8) is 0 Å². The van der Waals surface area contributed by atoms with Gasteiger partial charge in [0.05, 0.1) is 5.52 Å². The number of fused-ring (bicyclic) bond motifs is 6. The van der Waals surface area contributed by atoms with Crippen molar-refractivity contribution in [1.29, 1.82) is 0 Å². The molecule has 2 aromatic heterocycles. The first-order chi connectivity index (χ1) is 25.3. The van der Waals surface area contributed by atoms with E-state index in [1.807, 2.05) is 12.1 Å². The molecule has 0 aliphatic heterocycles. The highest BCUT2D eigenvalue weighted by Gasteiger charge is 2.19. The molecule has 7 aromatic carbocycles. The van der Waals surface area contributed by atoms with Crippen LogP contribution in [-0.2, 0) is 6.42 Å². The lowest BCUT2D eigenvalue weighted by molar-refractivity contribution is 0.669. The van der Waals surface area contributed by atoms with Gasteiger partial charge in [0, 0.05) is 56.2 Å². The second-order valence-corrected chi connectivity index (χ2v) is 13.3. The lowest BCUT2D eigenvalue weighted by Gasteiger charge is -2.26. The van der Waals surface area contributed by atoms with Gasteiger partial charge in [0.15, 0.2) is 0 Å². The number of allylic oxidation sites excluding steroid dienone is 1. The van der Waals surface area contributed by atoms with Crippen LogP contribution in [0.25, 0.3) is 66.9 Å². The van der Waals surface area contributed by atoms with Gasteiger partial charge in [-0.1, -0.05) is 115 Å². The van der Waals surface area contributed by atoms with Crippen LogP contribution < -0.4 is 4.90 Å². The minimum atomic E-state index is 0.878. The van der Waals surface area contributed by atoms with Crippen molar-refractivity contribution in [2.45, 2.75) is 12.8 Å². The molecular formula is C48H34N2O. The summed E-state index contributed by atoms with van der Waals surface area (Å²) in [6.45, 7) is 0. The predicted octanol–water partition coefficient (Wildman–Crippen LogP) is 13.3. The molecule has 242 valence electrons. The summed E-state index contributed by atoms with van der Waals surface area (Å²) in [7, 11) is 0. The Balaban J connectivity index is 1.05. The van der Waals surface area contributed by atoms with Gasteiger partial charge in [-0.05, 0) is 95.8 Å². The van der Waals surface area contributed by atoms with Crippen LogP contribution in [0.1, 0.15) is 17.7 Å². The fourth-order valence-electron chi connectivity index (χ4n) is 7.83. The van der Waals surface area contributed by atoms with E-state index in [1.165, 1.54) is 50.1 Å². The second-order valence-electron chi connectivity index (χ2n) is 13.3. The lowest BCUT2D eigenvalue weighted by atomic mass is 10.0. The number of rotatable bonds is 6. The van der Waals surface area contributed by atoms with E-state index in [1.54, 1.807) is 0 Å². The lowest BCUT2D eigenvalue weighted by Crippen LogP contribution is -2.09. The normalized spacial score (nSPS) is 12.5. The first-order valence-corrected chi connectivity index (χ1v) is 17.7. The van der Waals surface area contributed by atoms with E-state index < -0.39 is 0 Å². The number of benzene rings is 7. The number of aromatic nitrogens is 1. The molecule has 0 N–H and O–H groups in total. The summed E-state index contributed by atoms with van der Waals surface area (Å²) in [4.78, 5) is 2.31. The fraction of sp³-hybridized carbons (Fsp3) is 0.0417. The number of para-hydroxylation sites is 2. The molecule has 0 saturated heterocycles. The van der Waals surface area contributed by atoms with Crippen LogP contribution in [0.15, 0.2) is 180 Å². The average Bonchev–Trinajstić information content (AvgIpc) is 3.74. The van der Waals surface area contributed by atoms with Crippen molar-refractivity contribution < 1.29 is 4.42 Å². The van der Waals surface area contributed by atoms with E-state index in [9.17, 15) is 0 Å². The minimum absolute atomic E-state index is 0.878. The van der Waals surface area contributed by atoms with Crippen LogP contribution in [0, 0.1) is 0 Å². The van der Waals surface area contributed by atoms with Gasteiger partial charge in [-0.15, -0.1) is 0 Å². The monoisotopic (exact) mass is 654 g/mol. The van der Waals surface area contributed by atoms with E-state index in [2.05, 4.69) is 179 Å². The van der Waals surface area contributed by atoms with Crippen molar-refractivity contribution >= 4 is 56.0 Å². The molecule has 0 unspecified atom stereocenters. The average molecular weight is 655 g/mol. The Bertz CT molecular complexity index is 2730. The number of hydrogen-bond donors (Lipinski definition) is 0. The summed E-state index contributed by atoms with van der Waals surface area (Å²) < 4.78 is 8.80. The summed E-state index contributed by atoms with van der Waals surface area (Å²) >= 11 is 0. The molecule has 0 fully saturated rings. The van der Waals surface area contributed by atoms with E-state index in [0.29, 0.717) is 0 Å². The Hall–Kier alpha value is -6.58. The molecule has 1 aliphatic rings. The predicted molar refractivity (Wildman–Crippen MR) is 213 cm³/mol. The Labute approximate surface area is 296 Å². The number of anilines is 3. The first-order valence-electron chi connectivity index (χ1n) is 17.7. The Kier molecular flexibility index (Phi) is 6.95. The Morgan fingerprint density at radius 2 is 1.10 bits per heavy atom. The van der Waals surface area contributed by atoms with Gasteiger partial charge in [0.1, 0.15) is 11.2 Å². The summed E-state index contributed by atoms with van der Waals surface area (Å²) in [5, 5.41) is 3.57. The summed E-state index contributed by atoms with van der Waals surface area (Å²) in [6.07, 6.45) is 6.71. The zero-order valence-corrected chi connectivity index (χ0v) is 28.0. The van der Waals surface area contributed by atoms with Crippen LogP contribution in [0.4, 0.5) is 17.1 Å². The molecule has 0 saturated carbocycles. The standard InChI is InChI=1S/C48H34N2O/c1-2-11-33(12-3-1)34-21-25-37(26-22-34)49(40-29-30-44-43-17-6-9-20-47(43)51-48(44)32-40)38-27-23-35(24-28-38)36-13-10-14-39(31-36)50-45-18-7-4-15-41(45)42-16-5-8-19-46(42)50/h1-7,9-18,20-32H,8,19H2. The van der Waals surface area contributed by atoms with Crippen molar-refractivity contribution in [3.05, 3.63) is 187 Å². The van der Waals surface area contributed by atoms with E-state index in [4.69, 9.17) is 4.42 Å². The highest BCUT2D eigenvalue weighted by atomic mass is 16.3. The third-order valence-electron chi connectivity index (χ3n) is 10.3. The molecule has 10 rings (SSSR count). The van der Waals surface area contributed by atoms with Gasteiger partial charge >= 0.3 is 0 Å². The molecule has 51 heavy (non-hydrogen) atoms. The number of furan rings is 1. The van der Waals surface area contributed by atoms with Crippen LogP contribution >= 0.6 is 0 Å². The molecule has 0 atom stereocenters. The van der Waals surface area contributed by atoms with Crippen molar-refractivity contribution in [2.24, 2.45) is 0 Å². The molecule has 1 aliphatic carbocycles. The highest BCUT2D eigenvalue weighted by molar-refractivity contribution is 6.06. The van der Waals surface area contributed by atoms with E-state index in [0.717, 1.165) is 51.8 Å². The molecule has 0 spiro atoms. The second kappa shape index (κ2) is 12.1. The smallest absolute Gasteiger partial charge is 0.137 e. The quantitative estimate of drug-likeness (QED) is 0.178. The highest BCUT2D eigenvalue weighted by Crippen LogP contribution is 2.40. The summed E-state index contributed by atoms with van der Waals surface area (Å²) in [5.74, 6) is 0. The summed E-state index contributed by atoms with van der Waals surface area (Å²) in [5.41, 5.74) is 15.0. The molecule has 3 heteroatoms. The molecular weight excluding hydrogens is 621 g/mol. The van der Waals surface area contributed by atoms with Crippen LogP contribution in [0.2, 0.25) is 0 Å². The fourth-order valence-corrected chi connectivity index (χ4v) is 7.83. The summed E-state index contributed by atoms with van der Waals surface area (Å²) in [6, 6.07) is 60.8. The van der Waals surface area contributed by atoms with Crippen molar-refractivity contribution in [1.82, 2.24) is 4.57 Å². The van der Waals surface area contributed by atoms with Gasteiger partial charge in [0.25, 0.3) is 0 Å². The van der Waals surface area contributed by atoms with Gasteiger partial charge in [-0.25, -0.2) is 0 Å². The third-order valence-corrected chi connectivity index (χ3v) is 10.3. The Morgan fingerprint density at radius 1 is 0.471 bits per heavy atom. The number of hydrogen-bond acceptors (Lipinski definition) is 2. The largest absolute Gasteiger partial charge is 0.456 e. The van der Waals surface area contributed by atoms with Crippen molar-refractivity contribution in [2.75, 3.05) is 4.90 Å².